The largest absolute Gasteiger partial charge is 0.462 e. The number of nitrogens with zero attached hydrogens (tertiary/aromatic N) is 3. The number of nitrogens with two attached hydrogens (primary N) is 1. The number of nitrogen functional groups attached to an aromatic ring is 1. The van der Waals surface area contributed by atoms with Gasteiger partial charge in [0.15, 0.2) is 5.65 Å². The number of aromatic nitrogens is 3. The quantitative estimate of drug-likeness (QED) is 0.265. The number of carbonyl (C=O) groups is 1. The molecule has 0 saturated heterocycles. The van der Waals surface area contributed by atoms with Gasteiger partial charge >= 0.3 is 5.97 Å². The average Bonchev–Trinajstić information content (AvgIpc) is 3.08. The molecule has 0 aliphatic heterocycles. The molecule has 4 aromatic rings. The van der Waals surface area contributed by atoms with E-state index in [-0.39, 0.29) is 17.2 Å². The van der Waals surface area contributed by atoms with E-state index in [4.69, 9.17) is 15.5 Å². The van der Waals surface area contributed by atoms with Crippen molar-refractivity contribution >= 4 is 34.0 Å². The lowest BCUT2D eigenvalue weighted by atomic mass is 10.1. The number of benzene rings is 2. The van der Waals surface area contributed by atoms with E-state index in [1.54, 1.807) is 16.7 Å². The first-order valence-corrected chi connectivity index (χ1v) is 11.1. The second-order valence-electron chi connectivity index (χ2n) is 7.86. The number of ether oxygens (including phenoxy) is 1. The Labute approximate surface area is 186 Å². The van der Waals surface area contributed by atoms with Gasteiger partial charge in [0.05, 0.1) is 17.6 Å². The van der Waals surface area contributed by atoms with Crippen LogP contribution in [-0.2, 0) is 4.74 Å². The molecule has 166 valence electrons. The maximum Gasteiger partial charge on any atom is 0.344 e. The van der Waals surface area contributed by atoms with Gasteiger partial charge in [0.1, 0.15) is 22.7 Å². The molecule has 0 amide bonds. The van der Waals surface area contributed by atoms with Gasteiger partial charge in [-0.15, -0.1) is 0 Å². The smallest absolute Gasteiger partial charge is 0.344 e. The predicted molar refractivity (Wildman–Crippen MR) is 124 cm³/mol. The number of carbonyl (C=O) groups excluding carboxylic acids is 1. The first kappa shape index (κ1) is 21.7. The minimum absolute atomic E-state index is 0.176. The van der Waals surface area contributed by atoms with Gasteiger partial charge in [-0.1, -0.05) is 51.2 Å². The zero-order chi connectivity index (χ0) is 22.5. The van der Waals surface area contributed by atoms with Crippen LogP contribution in [0.1, 0.15) is 55.8 Å². The molecule has 2 heterocycles. The Kier molecular flexibility index (Phi) is 6.63. The highest BCUT2D eigenvalue weighted by Crippen LogP contribution is 2.31. The van der Waals surface area contributed by atoms with Gasteiger partial charge in [-0.2, -0.15) is 0 Å². The van der Waals surface area contributed by atoms with Gasteiger partial charge in [-0.25, -0.2) is 19.2 Å². The minimum Gasteiger partial charge on any atom is -0.462 e. The number of halogens is 1. The molecule has 0 aliphatic rings. The summed E-state index contributed by atoms with van der Waals surface area (Å²) < 4.78 is 20.7. The summed E-state index contributed by atoms with van der Waals surface area (Å²) in [4.78, 5) is 22.4. The third-order valence-corrected chi connectivity index (χ3v) is 5.52. The summed E-state index contributed by atoms with van der Waals surface area (Å²) in [7, 11) is 0. The fourth-order valence-electron chi connectivity index (χ4n) is 3.83. The molecule has 6 nitrogen and oxygen atoms in total. The maximum atomic E-state index is 13.5. The highest BCUT2D eigenvalue weighted by atomic mass is 19.1. The van der Waals surface area contributed by atoms with E-state index in [9.17, 15) is 9.18 Å². The van der Waals surface area contributed by atoms with E-state index >= 15 is 0 Å². The van der Waals surface area contributed by atoms with Crippen molar-refractivity contribution in [3.05, 3.63) is 59.9 Å². The highest BCUT2D eigenvalue weighted by Gasteiger charge is 2.25. The van der Waals surface area contributed by atoms with Crippen molar-refractivity contribution in [3.8, 4) is 5.69 Å². The Morgan fingerprint density at radius 2 is 1.62 bits per heavy atom. The first-order chi connectivity index (χ1) is 15.6. The third-order valence-electron chi connectivity index (χ3n) is 5.52. The van der Waals surface area contributed by atoms with Crippen molar-refractivity contribution in [1.29, 1.82) is 0 Å². The molecule has 0 spiro atoms. The van der Waals surface area contributed by atoms with Crippen LogP contribution in [0, 0.1) is 5.82 Å². The van der Waals surface area contributed by atoms with Crippen LogP contribution in [0.5, 0.6) is 0 Å². The van der Waals surface area contributed by atoms with Crippen LogP contribution in [0.3, 0.4) is 0 Å². The summed E-state index contributed by atoms with van der Waals surface area (Å²) >= 11 is 0. The van der Waals surface area contributed by atoms with Gasteiger partial charge in [-0.05, 0) is 42.8 Å². The van der Waals surface area contributed by atoms with Crippen molar-refractivity contribution in [2.45, 2.75) is 45.4 Å². The summed E-state index contributed by atoms with van der Waals surface area (Å²) in [6.07, 6.45) is 6.58. The molecule has 2 aromatic heterocycles. The molecule has 0 unspecified atom stereocenters. The van der Waals surface area contributed by atoms with Gasteiger partial charge in [0, 0.05) is 5.69 Å². The number of fused-ring (bicyclic) bond motifs is 2. The number of hydrogen-bond donors (Lipinski definition) is 1. The second-order valence-corrected chi connectivity index (χ2v) is 7.86. The second kappa shape index (κ2) is 9.77. The molecular weight excluding hydrogens is 407 g/mol. The van der Waals surface area contributed by atoms with Gasteiger partial charge < -0.3 is 10.5 Å². The molecular formula is C25H27FN4O2. The van der Waals surface area contributed by atoms with Crippen LogP contribution in [0.2, 0.25) is 0 Å². The van der Waals surface area contributed by atoms with Crippen LogP contribution < -0.4 is 5.73 Å². The van der Waals surface area contributed by atoms with Crippen LogP contribution in [-0.4, -0.2) is 27.1 Å². The number of unbranched alkanes of at least 4 members (excludes halogenated alkanes) is 5. The number of esters is 1. The molecule has 2 N–H and O–H groups in total. The third kappa shape index (κ3) is 4.42. The van der Waals surface area contributed by atoms with Crippen LogP contribution in [0.25, 0.3) is 27.9 Å². The molecule has 0 aliphatic carbocycles. The molecule has 0 bridgehead atoms. The predicted octanol–water partition coefficient (Wildman–Crippen LogP) is 5.81. The Morgan fingerprint density at radius 3 is 2.34 bits per heavy atom. The molecule has 0 saturated carbocycles. The Balaban J connectivity index is 1.68. The van der Waals surface area contributed by atoms with Crippen LogP contribution in [0.4, 0.5) is 10.2 Å². The number of anilines is 1. The first-order valence-electron chi connectivity index (χ1n) is 11.1. The lowest BCUT2D eigenvalue weighted by Crippen LogP contribution is -2.10. The van der Waals surface area contributed by atoms with Crippen molar-refractivity contribution in [2.24, 2.45) is 0 Å². The fourth-order valence-corrected chi connectivity index (χ4v) is 3.83. The topological polar surface area (TPSA) is 83.0 Å². The van der Waals surface area contributed by atoms with E-state index in [2.05, 4.69) is 11.9 Å². The van der Waals surface area contributed by atoms with Gasteiger partial charge in [0.2, 0.25) is 0 Å². The van der Waals surface area contributed by atoms with E-state index in [0.29, 0.717) is 34.5 Å². The van der Waals surface area contributed by atoms with Crippen LogP contribution >= 0.6 is 0 Å². The van der Waals surface area contributed by atoms with E-state index < -0.39 is 5.97 Å². The standard InChI is InChI=1S/C25H27FN4O2/c1-2-3-4-5-6-9-16-32-25(31)21-22-24(29-20-11-8-7-10-19(20)28-22)30(23(21)27)18-14-12-17(26)13-15-18/h7-8,10-15H,2-6,9,16,27H2,1H3. The monoisotopic (exact) mass is 434 g/mol. The minimum atomic E-state index is -0.522. The summed E-state index contributed by atoms with van der Waals surface area (Å²) in [6, 6.07) is 13.3. The molecule has 2 aromatic carbocycles. The van der Waals surface area contributed by atoms with E-state index in [0.717, 1.165) is 19.3 Å². The van der Waals surface area contributed by atoms with Crippen LogP contribution in [0.15, 0.2) is 48.5 Å². The van der Waals surface area contributed by atoms with E-state index in [1.807, 2.05) is 24.3 Å². The maximum absolute atomic E-state index is 13.5. The normalized spacial score (nSPS) is 11.3. The highest BCUT2D eigenvalue weighted by molar-refractivity contribution is 6.09. The van der Waals surface area contributed by atoms with Crippen molar-refractivity contribution in [3.63, 3.8) is 0 Å². The zero-order valence-corrected chi connectivity index (χ0v) is 18.2. The Morgan fingerprint density at radius 1 is 0.969 bits per heavy atom. The molecule has 0 fully saturated rings. The summed E-state index contributed by atoms with van der Waals surface area (Å²) in [5.74, 6) is -0.708. The molecule has 0 radical (unpaired) electrons. The van der Waals surface area contributed by atoms with Crippen molar-refractivity contribution in [1.82, 2.24) is 14.5 Å². The molecule has 7 heteroatoms. The Hall–Kier alpha value is -3.48. The molecule has 4 rings (SSSR count). The fraction of sp³-hybridized carbons (Fsp3) is 0.320. The number of para-hydroxylation sites is 2. The lowest BCUT2D eigenvalue weighted by molar-refractivity contribution is 0.0501. The lowest BCUT2D eigenvalue weighted by Gasteiger charge is -2.08. The van der Waals surface area contributed by atoms with Crippen molar-refractivity contribution < 1.29 is 13.9 Å². The van der Waals surface area contributed by atoms with Crippen molar-refractivity contribution in [2.75, 3.05) is 12.3 Å². The van der Waals surface area contributed by atoms with Gasteiger partial charge in [0.25, 0.3) is 0 Å². The summed E-state index contributed by atoms with van der Waals surface area (Å²) in [5.41, 5.74) is 9.33. The SMILES string of the molecule is CCCCCCCCOC(=O)c1c(N)n(-c2ccc(F)cc2)c2nc3ccccc3nc12. The number of rotatable bonds is 9. The van der Waals surface area contributed by atoms with Gasteiger partial charge in [-0.3, -0.25) is 4.57 Å². The number of hydrogen-bond acceptors (Lipinski definition) is 5. The molecule has 32 heavy (non-hydrogen) atoms. The zero-order valence-electron chi connectivity index (χ0n) is 18.2. The Bertz CT molecular complexity index is 1230. The van der Waals surface area contributed by atoms with E-state index in [1.165, 1.54) is 31.4 Å². The average molecular weight is 435 g/mol. The summed E-state index contributed by atoms with van der Waals surface area (Å²) in [6.45, 7) is 2.51. The summed E-state index contributed by atoms with van der Waals surface area (Å²) in [5, 5.41) is 0. The molecule has 0 atom stereocenters.